The van der Waals surface area contributed by atoms with Gasteiger partial charge in [-0.1, -0.05) is 56.6 Å². The minimum Gasteiger partial charge on any atom is -0.507 e. The number of nitrogens with zero attached hydrogens (tertiary/aromatic N) is 1. The number of methoxy groups -OCH3 is 1. The normalized spacial score (nSPS) is 17.5. The number of benzene rings is 3. The monoisotopic (exact) mass is 505 g/mol. The van der Waals surface area contributed by atoms with Gasteiger partial charge in [0, 0.05) is 10.6 Å². The summed E-state index contributed by atoms with van der Waals surface area (Å²) in [6, 6.07) is 15.8. The Morgan fingerprint density at radius 3 is 2.25 bits per heavy atom. The Kier molecular flexibility index (Phi) is 6.58. The number of hydrogen-bond donors (Lipinski definition) is 2. The third-order valence-electron chi connectivity index (χ3n) is 6.40. The minimum absolute atomic E-state index is 0.0764. The Hall–Kier alpha value is -3.77. The number of aliphatic hydroxyl groups is 1. The average Bonchev–Trinajstić information content (AvgIpc) is 3.10. The van der Waals surface area contributed by atoms with Crippen molar-refractivity contribution < 1.29 is 24.5 Å². The van der Waals surface area contributed by atoms with Gasteiger partial charge in [-0.3, -0.25) is 14.5 Å². The predicted molar refractivity (Wildman–Crippen MR) is 141 cm³/mol. The Balaban J connectivity index is 1.96. The molecule has 36 heavy (non-hydrogen) atoms. The molecule has 1 heterocycles. The lowest BCUT2D eigenvalue weighted by atomic mass is 9.85. The van der Waals surface area contributed by atoms with Gasteiger partial charge in [-0.25, -0.2) is 0 Å². The van der Waals surface area contributed by atoms with Crippen LogP contribution < -0.4 is 9.64 Å². The summed E-state index contributed by atoms with van der Waals surface area (Å²) in [7, 11) is 1.55. The average molecular weight is 506 g/mol. The largest absolute Gasteiger partial charge is 0.507 e. The van der Waals surface area contributed by atoms with Crippen molar-refractivity contribution in [2.75, 3.05) is 12.0 Å². The number of rotatable bonds is 4. The van der Waals surface area contributed by atoms with Gasteiger partial charge >= 0.3 is 0 Å². The van der Waals surface area contributed by atoms with Gasteiger partial charge in [0.2, 0.25) is 0 Å². The molecule has 0 radical (unpaired) electrons. The van der Waals surface area contributed by atoms with Crippen molar-refractivity contribution in [2.24, 2.45) is 0 Å². The first-order valence-electron chi connectivity index (χ1n) is 11.5. The SMILES string of the molecule is COc1ccc(/C(O)=C2\C(=O)C(=O)N(c3cc(Cl)ccc3O)C2c2ccc(C(C)(C)C)cc2)cc1C. The number of amides is 1. The van der Waals surface area contributed by atoms with E-state index in [1.165, 1.54) is 23.1 Å². The summed E-state index contributed by atoms with van der Waals surface area (Å²) in [6.45, 7) is 8.08. The maximum absolute atomic E-state index is 13.4. The number of aromatic hydroxyl groups is 1. The van der Waals surface area contributed by atoms with E-state index in [1.807, 2.05) is 31.2 Å². The van der Waals surface area contributed by atoms with E-state index in [4.69, 9.17) is 16.3 Å². The number of phenolic OH excluding ortho intramolecular Hbond substituents is 1. The van der Waals surface area contributed by atoms with Gasteiger partial charge < -0.3 is 14.9 Å². The van der Waals surface area contributed by atoms with Gasteiger partial charge in [0.1, 0.15) is 17.3 Å². The third-order valence-corrected chi connectivity index (χ3v) is 6.64. The molecule has 1 aliphatic heterocycles. The summed E-state index contributed by atoms with van der Waals surface area (Å²) >= 11 is 6.18. The fourth-order valence-corrected chi connectivity index (χ4v) is 4.60. The first-order chi connectivity index (χ1) is 16.9. The number of ketones is 1. The lowest BCUT2D eigenvalue weighted by Gasteiger charge is -2.27. The van der Waals surface area contributed by atoms with Gasteiger partial charge in [-0.15, -0.1) is 0 Å². The summed E-state index contributed by atoms with van der Waals surface area (Å²) in [5.74, 6) is -1.62. The Labute approximate surface area is 215 Å². The van der Waals surface area contributed by atoms with Gasteiger partial charge in [0.25, 0.3) is 11.7 Å². The van der Waals surface area contributed by atoms with Crippen molar-refractivity contribution in [3.05, 3.63) is 93.5 Å². The molecule has 4 rings (SSSR count). The molecule has 1 amide bonds. The van der Waals surface area contributed by atoms with Crippen LogP contribution in [-0.4, -0.2) is 29.0 Å². The van der Waals surface area contributed by atoms with Gasteiger partial charge in [-0.2, -0.15) is 0 Å². The smallest absolute Gasteiger partial charge is 0.300 e. The summed E-state index contributed by atoms with van der Waals surface area (Å²) in [4.78, 5) is 27.9. The van der Waals surface area contributed by atoms with Crippen LogP contribution in [0, 0.1) is 6.92 Å². The van der Waals surface area contributed by atoms with E-state index < -0.39 is 17.7 Å². The lowest BCUT2D eigenvalue weighted by molar-refractivity contribution is -0.132. The maximum atomic E-state index is 13.4. The zero-order chi connectivity index (χ0) is 26.4. The highest BCUT2D eigenvalue weighted by atomic mass is 35.5. The van der Waals surface area contributed by atoms with Crippen molar-refractivity contribution in [1.29, 1.82) is 0 Å². The third kappa shape index (κ3) is 4.44. The second kappa shape index (κ2) is 9.36. The maximum Gasteiger partial charge on any atom is 0.300 e. The lowest BCUT2D eigenvalue weighted by Crippen LogP contribution is -2.29. The van der Waals surface area contributed by atoms with Crippen LogP contribution in [0.2, 0.25) is 5.02 Å². The predicted octanol–water partition coefficient (Wildman–Crippen LogP) is 6.29. The number of carbonyl (C=O) groups excluding carboxylic acids is 2. The quantitative estimate of drug-likeness (QED) is 0.247. The number of aryl methyl sites for hydroxylation is 1. The standard InChI is InChI=1S/C29H28ClNO5/c1-16-14-18(8-13-23(16)36-5)26(33)24-25(17-6-9-19(10-7-17)29(2,3)4)31(28(35)27(24)34)21-15-20(30)11-12-22(21)32/h6-15,25,32-33H,1-5H3/b26-24+. The molecule has 2 N–H and O–H groups in total. The number of halogens is 1. The van der Waals surface area contributed by atoms with Gasteiger partial charge in [-0.05, 0) is 65.4 Å². The van der Waals surface area contributed by atoms with E-state index >= 15 is 0 Å². The first kappa shape index (κ1) is 25.3. The number of hydrogen-bond acceptors (Lipinski definition) is 5. The molecule has 7 heteroatoms. The fraction of sp³-hybridized carbons (Fsp3) is 0.241. The number of anilines is 1. The topological polar surface area (TPSA) is 87.1 Å². The summed E-state index contributed by atoms with van der Waals surface area (Å²) in [5, 5.41) is 22.2. The van der Waals surface area contributed by atoms with E-state index in [9.17, 15) is 19.8 Å². The van der Waals surface area contributed by atoms with Crippen LogP contribution in [0.1, 0.15) is 49.1 Å². The molecule has 0 aliphatic carbocycles. The molecule has 3 aromatic carbocycles. The van der Waals surface area contributed by atoms with Crippen molar-refractivity contribution >= 4 is 34.7 Å². The number of Topliss-reactive ketones (excluding diaryl/α,β-unsaturated/α-hetero) is 1. The number of ether oxygens (including phenoxy) is 1. The highest BCUT2D eigenvalue weighted by Gasteiger charge is 2.47. The van der Waals surface area contributed by atoms with Crippen LogP contribution in [0.25, 0.3) is 5.76 Å². The van der Waals surface area contributed by atoms with Crippen LogP contribution in [0.3, 0.4) is 0 Å². The van der Waals surface area contributed by atoms with Crippen LogP contribution >= 0.6 is 11.6 Å². The highest BCUT2D eigenvalue weighted by Crippen LogP contribution is 2.45. The number of phenols is 1. The second-order valence-corrected chi connectivity index (χ2v) is 10.3. The minimum atomic E-state index is -0.981. The molecule has 1 aliphatic rings. The van der Waals surface area contributed by atoms with Gasteiger partial charge in [0.15, 0.2) is 0 Å². The molecule has 6 nitrogen and oxygen atoms in total. The zero-order valence-electron chi connectivity index (χ0n) is 20.8. The van der Waals surface area contributed by atoms with Crippen LogP contribution in [0.15, 0.2) is 66.2 Å². The zero-order valence-corrected chi connectivity index (χ0v) is 21.6. The molecule has 0 spiro atoms. The second-order valence-electron chi connectivity index (χ2n) is 9.86. The van der Waals surface area contributed by atoms with E-state index in [2.05, 4.69) is 20.8 Å². The number of carbonyl (C=O) groups is 2. The molecule has 1 atom stereocenters. The molecular formula is C29H28ClNO5. The molecule has 1 unspecified atom stereocenters. The van der Waals surface area contributed by atoms with E-state index in [0.29, 0.717) is 16.9 Å². The van der Waals surface area contributed by atoms with Crippen LogP contribution in [-0.2, 0) is 15.0 Å². The van der Waals surface area contributed by atoms with Crippen molar-refractivity contribution in [3.63, 3.8) is 0 Å². The van der Waals surface area contributed by atoms with E-state index in [0.717, 1.165) is 11.1 Å². The summed E-state index contributed by atoms with van der Waals surface area (Å²) in [6.07, 6.45) is 0. The molecule has 3 aromatic rings. The molecule has 0 saturated carbocycles. The summed E-state index contributed by atoms with van der Waals surface area (Å²) < 4.78 is 5.30. The summed E-state index contributed by atoms with van der Waals surface area (Å²) in [5.41, 5.74) is 2.71. The van der Waals surface area contributed by atoms with Crippen LogP contribution in [0.5, 0.6) is 11.5 Å². The highest BCUT2D eigenvalue weighted by molar-refractivity contribution is 6.52. The fourth-order valence-electron chi connectivity index (χ4n) is 4.43. The Morgan fingerprint density at radius 2 is 1.67 bits per heavy atom. The Morgan fingerprint density at radius 1 is 1.00 bits per heavy atom. The van der Waals surface area contributed by atoms with E-state index in [-0.39, 0.29) is 33.2 Å². The van der Waals surface area contributed by atoms with E-state index in [1.54, 1.807) is 25.3 Å². The number of aliphatic hydroxyl groups excluding tert-OH is 1. The van der Waals surface area contributed by atoms with Gasteiger partial charge in [0.05, 0.1) is 24.4 Å². The molecule has 1 saturated heterocycles. The molecule has 0 aromatic heterocycles. The Bertz CT molecular complexity index is 1390. The molecular weight excluding hydrogens is 478 g/mol. The van der Waals surface area contributed by atoms with Crippen molar-refractivity contribution in [3.8, 4) is 11.5 Å². The first-order valence-corrected chi connectivity index (χ1v) is 11.9. The van der Waals surface area contributed by atoms with Crippen molar-refractivity contribution in [1.82, 2.24) is 0 Å². The van der Waals surface area contributed by atoms with Crippen LogP contribution in [0.4, 0.5) is 5.69 Å². The van der Waals surface area contributed by atoms with Crippen molar-refractivity contribution in [2.45, 2.75) is 39.2 Å². The molecule has 186 valence electrons. The molecule has 1 fully saturated rings. The molecule has 0 bridgehead atoms.